The monoisotopic (exact) mass is 220 g/mol. The third-order valence-electron chi connectivity index (χ3n) is 2.99. The van der Waals surface area contributed by atoms with Gasteiger partial charge in [-0.1, -0.05) is 0 Å². The van der Waals surface area contributed by atoms with Crippen molar-refractivity contribution in [3.05, 3.63) is 29.6 Å². The van der Waals surface area contributed by atoms with E-state index in [0.29, 0.717) is 5.56 Å². The molecule has 0 aliphatic carbocycles. The average Bonchev–Trinajstić information content (AvgIpc) is 2.76. The minimum atomic E-state index is -0.0130. The molecule has 2 rings (SSSR count). The van der Waals surface area contributed by atoms with Crippen molar-refractivity contribution in [3.8, 4) is 0 Å². The molecule has 0 bridgehead atoms. The van der Waals surface area contributed by atoms with E-state index in [1.54, 1.807) is 23.2 Å². The van der Waals surface area contributed by atoms with Gasteiger partial charge in [-0.3, -0.25) is 9.78 Å². The molecule has 1 unspecified atom stereocenters. The second-order valence-electron chi connectivity index (χ2n) is 4.16. The van der Waals surface area contributed by atoms with Crippen molar-refractivity contribution in [2.45, 2.75) is 25.8 Å². The van der Waals surface area contributed by atoms with Gasteiger partial charge in [-0.2, -0.15) is 0 Å². The third-order valence-corrected chi connectivity index (χ3v) is 2.99. The number of aromatic nitrogens is 1. The van der Waals surface area contributed by atoms with E-state index in [2.05, 4.69) is 4.98 Å². The molecule has 16 heavy (non-hydrogen) atoms. The van der Waals surface area contributed by atoms with Crippen LogP contribution < -0.4 is 0 Å². The first-order chi connectivity index (χ1) is 7.72. The Hall–Kier alpha value is -1.42. The van der Waals surface area contributed by atoms with Gasteiger partial charge < -0.3 is 10.0 Å². The SMILES string of the molecule is Cc1cc(C(=O)N2CCCC2CO)ccn1. The summed E-state index contributed by atoms with van der Waals surface area (Å²) in [5.74, 6) is 0.00190. The van der Waals surface area contributed by atoms with Crippen molar-refractivity contribution in [1.82, 2.24) is 9.88 Å². The van der Waals surface area contributed by atoms with Crippen LogP contribution in [0.15, 0.2) is 18.3 Å². The lowest BCUT2D eigenvalue weighted by atomic mass is 10.2. The molecule has 0 radical (unpaired) electrons. The fourth-order valence-electron chi connectivity index (χ4n) is 2.14. The second kappa shape index (κ2) is 4.61. The number of carbonyl (C=O) groups is 1. The first kappa shape index (κ1) is 11.1. The molecule has 1 atom stereocenters. The number of likely N-dealkylation sites (tertiary alicyclic amines) is 1. The zero-order valence-corrected chi connectivity index (χ0v) is 9.39. The van der Waals surface area contributed by atoms with Crippen LogP contribution in [0.3, 0.4) is 0 Å². The molecule has 0 aromatic carbocycles. The number of carbonyl (C=O) groups excluding carboxylic acids is 1. The number of aryl methyl sites for hydroxylation is 1. The van der Waals surface area contributed by atoms with Gasteiger partial charge in [-0.15, -0.1) is 0 Å². The van der Waals surface area contributed by atoms with Gasteiger partial charge in [0.05, 0.1) is 12.6 Å². The molecular weight excluding hydrogens is 204 g/mol. The lowest BCUT2D eigenvalue weighted by molar-refractivity contribution is 0.0677. The highest BCUT2D eigenvalue weighted by Gasteiger charge is 2.28. The summed E-state index contributed by atoms with van der Waals surface area (Å²) in [7, 11) is 0. The summed E-state index contributed by atoms with van der Waals surface area (Å²) >= 11 is 0. The number of nitrogens with zero attached hydrogens (tertiary/aromatic N) is 2. The Morgan fingerprint density at radius 1 is 1.69 bits per heavy atom. The van der Waals surface area contributed by atoms with Crippen molar-refractivity contribution >= 4 is 5.91 Å². The molecule has 1 aromatic rings. The Bertz CT molecular complexity index is 392. The van der Waals surface area contributed by atoms with Gasteiger partial charge in [-0.25, -0.2) is 0 Å². The molecule has 2 heterocycles. The molecule has 1 saturated heterocycles. The maximum atomic E-state index is 12.2. The Labute approximate surface area is 94.9 Å². The molecule has 1 N–H and O–H groups in total. The summed E-state index contributed by atoms with van der Waals surface area (Å²) in [5, 5.41) is 9.18. The number of aliphatic hydroxyl groups is 1. The summed E-state index contributed by atoms with van der Waals surface area (Å²) in [5.41, 5.74) is 1.50. The summed E-state index contributed by atoms with van der Waals surface area (Å²) < 4.78 is 0. The topological polar surface area (TPSA) is 53.4 Å². The van der Waals surface area contributed by atoms with Crippen LogP contribution in [0.5, 0.6) is 0 Å². The third kappa shape index (κ3) is 2.07. The van der Waals surface area contributed by atoms with Gasteiger partial charge in [0.2, 0.25) is 0 Å². The molecule has 1 amide bonds. The van der Waals surface area contributed by atoms with E-state index in [9.17, 15) is 9.90 Å². The quantitative estimate of drug-likeness (QED) is 0.808. The van der Waals surface area contributed by atoms with Crippen LogP contribution in [0.25, 0.3) is 0 Å². The molecule has 1 aliphatic heterocycles. The second-order valence-corrected chi connectivity index (χ2v) is 4.16. The summed E-state index contributed by atoms with van der Waals surface area (Å²) in [4.78, 5) is 18.0. The van der Waals surface area contributed by atoms with E-state index in [4.69, 9.17) is 0 Å². The van der Waals surface area contributed by atoms with Crippen molar-refractivity contribution < 1.29 is 9.90 Å². The zero-order chi connectivity index (χ0) is 11.5. The fraction of sp³-hybridized carbons (Fsp3) is 0.500. The number of pyridine rings is 1. The van der Waals surface area contributed by atoms with Crippen LogP contribution in [0.2, 0.25) is 0 Å². The standard InChI is InChI=1S/C12H16N2O2/c1-9-7-10(4-5-13-9)12(16)14-6-2-3-11(14)8-15/h4-5,7,11,15H,2-3,6,8H2,1H3. The van der Waals surface area contributed by atoms with Crippen LogP contribution in [-0.2, 0) is 0 Å². The predicted molar refractivity (Wildman–Crippen MR) is 60.1 cm³/mol. The van der Waals surface area contributed by atoms with Crippen molar-refractivity contribution in [2.75, 3.05) is 13.2 Å². The Kier molecular flexibility index (Phi) is 3.19. The van der Waals surface area contributed by atoms with Crippen molar-refractivity contribution in [1.29, 1.82) is 0 Å². The molecule has 0 saturated carbocycles. The first-order valence-corrected chi connectivity index (χ1v) is 5.57. The van der Waals surface area contributed by atoms with Gasteiger partial charge in [-0.05, 0) is 31.9 Å². The van der Waals surface area contributed by atoms with Crippen LogP contribution in [0.4, 0.5) is 0 Å². The van der Waals surface area contributed by atoms with Gasteiger partial charge >= 0.3 is 0 Å². The zero-order valence-electron chi connectivity index (χ0n) is 9.39. The smallest absolute Gasteiger partial charge is 0.254 e. The predicted octanol–water partition coefficient (Wildman–Crippen LogP) is 0.987. The van der Waals surface area contributed by atoms with Crippen molar-refractivity contribution in [2.24, 2.45) is 0 Å². The largest absolute Gasteiger partial charge is 0.394 e. The molecule has 86 valence electrons. The highest BCUT2D eigenvalue weighted by molar-refractivity contribution is 5.94. The number of hydrogen-bond acceptors (Lipinski definition) is 3. The van der Waals surface area contributed by atoms with Crippen LogP contribution in [0.1, 0.15) is 28.9 Å². The Balaban J connectivity index is 2.18. The van der Waals surface area contributed by atoms with E-state index >= 15 is 0 Å². The number of hydrogen-bond donors (Lipinski definition) is 1. The maximum absolute atomic E-state index is 12.2. The van der Waals surface area contributed by atoms with E-state index in [0.717, 1.165) is 25.1 Å². The lowest BCUT2D eigenvalue weighted by Crippen LogP contribution is -2.37. The maximum Gasteiger partial charge on any atom is 0.254 e. The minimum absolute atomic E-state index is 0.00190. The highest BCUT2D eigenvalue weighted by Crippen LogP contribution is 2.19. The van der Waals surface area contributed by atoms with Crippen LogP contribution >= 0.6 is 0 Å². The average molecular weight is 220 g/mol. The molecule has 1 aromatic heterocycles. The molecule has 4 heteroatoms. The van der Waals surface area contributed by atoms with Gasteiger partial charge in [0.1, 0.15) is 0 Å². The highest BCUT2D eigenvalue weighted by atomic mass is 16.3. The number of amides is 1. The molecule has 4 nitrogen and oxygen atoms in total. The van der Waals surface area contributed by atoms with E-state index in [1.165, 1.54) is 0 Å². The van der Waals surface area contributed by atoms with Crippen molar-refractivity contribution in [3.63, 3.8) is 0 Å². The first-order valence-electron chi connectivity index (χ1n) is 5.57. The summed E-state index contributed by atoms with van der Waals surface area (Å²) in [6.07, 6.45) is 3.51. The fourth-order valence-corrected chi connectivity index (χ4v) is 2.14. The van der Waals surface area contributed by atoms with Gasteiger partial charge in [0.25, 0.3) is 5.91 Å². The van der Waals surface area contributed by atoms with E-state index in [1.807, 2.05) is 6.92 Å². The summed E-state index contributed by atoms with van der Waals surface area (Å²) in [6, 6.07) is 3.50. The Morgan fingerprint density at radius 2 is 2.50 bits per heavy atom. The van der Waals surface area contributed by atoms with Gasteiger partial charge in [0.15, 0.2) is 0 Å². The van der Waals surface area contributed by atoms with Gasteiger partial charge in [0, 0.05) is 24.0 Å². The molecule has 0 spiro atoms. The van der Waals surface area contributed by atoms with Crippen LogP contribution in [-0.4, -0.2) is 40.1 Å². The lowest BCUT2D eigenvalue weighted by Gasteiger charge is -2.23. The molecule has 1 aliphatic rings. The minimum Gasteiger partial charge on any atom is -0.394 e. The Morgan fingerprint density at radius 3 is 3.19 bits per heavy atom. The number of aliphatic hydroxyl groups excluding tert-OH is 1. The van der Waals surface area contributed by atoms with Crippen LogP contribution in [0, 0.1) is 6.92 Å². The number of rotatable bonds is 2. The van der Waals surface area contributed by atoms with E-state index in [-0.39, 0.29) is 18.6 Å². The summed E-state index contributed by atoms with van der Waals surface area (Å²) in [6.45, 7) is 2.66. The molecular formula is C12H16N2O2. The molecule has 1 fully saturated rings. The van der Waals surface area contributed by atoms with E-state index < -0.39 is 0 Å². The normalized spacial score (nSPS) is 20.1.